The molecule has 1 aliphatic heterocycles. The summed E-state index contributed by atoms with van der Waals surface area (Å²) in [4.78, 5) is 42.3. The van der Waals surface area contributed by atoms with Crippen molar-refractivity contribution in [3.8, 4) is 11.8 Å². The lowest BCUT2D eigenvalue weighted by atomic mass is 9.86. The van der Waals surface area contributed by atoms with Gasteiger partial charge in [0, 0.05) is 12.8 Å². The van der Waals surface area contributed by atoms with E-state index >= 15 is 0 Å². The summed E-state index contributed by atoms with van der Waals surface area (Å²) in [5.74, 6) is -1.53. The number of esters is 3. The predicted molar refractivity (Wildman–Crippen MR) is 171 cm³/mol. The van der Waals surface area contributed by atoms with Gasteiger partial charge in [-0.3, -0.25) is 18.9 Å². The third-order valence-electron chi connectivity index (χ3n) is 8.30. The van der Waals surface area contributed by atoms with Gasteiger partial charge in [-0.2, -0.15) is 15.4 Å². The summed E-state index contributed by atoms with van der Waals surface area (Å²) in [7, 11) is -4.52. The van der Waals surface area contributed by atoms with Gasteiger partial charge in [0.15, 0.2) is 18.0 Å². The molecule has 3 aromatic rings. The van der Waals surface area contributed by atoms with Crippen LogP contribution < -0.4 is 15.3 Å². The van der Waals surface area contributed by atoms with Crippen LogP contribution in [-0.2, 0) is 42.4 Å². The molecule has 262 valence electrons. The van der Waals surface area contributed by atoms with Crippen molar-refractivity contribution in [2.45, 2.75) is 82.8 Å². The van der Waals surface area contributed by atoms with Gasteiger partial charge in [-0.05, 0) is 49.9 Å². The molecule has 0 radical (unpaired) electrons. The van der Waals surface area contributed by atoms with Gasteiger partial charge in [0.2, 0.25) is 5.60 Å². The Bertz CT molecular complexity index is 1740. The Morgan fingerprint density at radius 2 is 1.86 bits per heavy atom. The molecule has 2 aliphatic rings. The van der Waals surface area contributed by atoms with E-state index in [1.807, 2.05) is 6.07 Å². The number of nitrogen functional groups attached to an aromatic ring is 1. The summed E-state index contributed by atoms with van der Waals surface area (Å²) >= 11 is 0. The Morgan fingerprint density at radius 1 is 1.14 bits per heavy atom. The van der Waals surface area contributed by atoms with Crippen LogP contribution in [0.2, 0.25) is 0 Å². The maximum absolute atomic E-state index is 14.4. The lowest BCUT2D eigenvalue weighted by Crippen LogP contribution is -2.49. The van der Waals surface area contributed by atoms with Gasteiger partial charge in [-0.25, -0.2) is 14.1 Å². The number of para-hydroxylation sites is 1. The first-order chi connectivity index (χ1) is 23.5. The van der Waals surface area contributed by atoms with E-state index in [1.165, 1.54) is 29.9 Å². The Kier molecular flexibility index (Phi) is 11.2. The molecule has 5 rings (SSSR count). The molecule has 1 aliphatic carbocycles. The smallest absolute Gasteiger partial charge is 0.459 e. The fraction of sp³-hybridized carbons (Fsp3) is 0.500. The zero-order chi connectivity index (χ0) is 35.2. The third-order valence-corrected chi connectivity index (χ3v) is 9.92. The molecule has 1 saturated carbocycles. The van der Waals surface area contributed by atoms with Crippen LogP contribution in [0.25, 0.3) is 5.52 Å². The average Bonchev–Trinajstić information content (AvgIpc) is 3.63. The van der Waals surface area contributed by atoms with E-state index < -0.39 is 62.2 Å². The summed E-state index contributed by atoms with van der Waals surface area (Å²) in [5, 5.41) is 17.5. The Hall–Kier alpha value is -4.55. The second-order valence-electron chi connectivity index (χ2n) is 11.8. The number of anilines is 1. The SMILES string of the molecule is CCC(=O)O[C@H]1[C@H](c2ccc3c(N)ncnn23)O[C@](C#N)(COP(=O)(N[C@@H](C)C(=O)OCC2CCC2)Oc2ccccc2)[C@H]1OC(=O)CC. The van der Waals surface area contributed by atoms with Crippen LogP contribution in [0.15, 0.2) is 48.8 Å². The van der Waals surface area contributed by atoms with Gasteiger partial charge in [-0.1, -0.05) is 38.5 Å². The number of hydrogen-bond donors (Lipinski definition) is 2. The first-order valence-electron chi connectivity index (χ1n) is 16.0. The molecule has 0 spiro atoms. The van der Waals surface area contributed by atoms with Crippen LogP contribution in [0.4, 0.5) is 5.82 Å². The summed E-state index contributed by atoms with van der Waals surface area (Å²) in [6.07, 6.45) is -0.149. The van der Waals surface area contributed by atoms with Gasteiger partial charge in [0.1, 0.15) is 42.4 Å². The van der Waals surface area contributed by atoms with E-state index in [2.05, 4.69) is 15.2 Å². The molecule has 2 fully saturated rings. The van der Waals surface area contributed by atoms with Crippen LogP contribution in [0.3, 0.4) is 0 Å². The van der Waals surface area contributed by atoms with Crippen LogP contribution in [-0.4, -0.2) is 69.6 Å². The molecule has 3 N–H and O–H groups in total. The number of hydrogen-bond acceptors (Lipinski definition) is 14. The molecule has 0 bridgehead atoms. The normalized spacial score (nSPS) is 23.8. The first kappa shape index (κ1) is 35.7. The van der Waals surface area contributed by atoms with E-state index in [0.29, 0.717) is 5.52 Å². The number of rotatable bonds is 15. The second-order valence-corrected chi connectivity index (χ2v) is 13.5. The molecule has 6 atom stereocenters. The minimum absolute atomic E-state index is 0.0451. The van der Waals surface area contributed by atoms with Crippen molar-refractivity contribution in [3.05, 3.63) is 54.5 Å². The van der Waals surface area contributed by atoms with Crippen LogP contribution >= 0.6 is 7.75 Å². The molecular weight excluding hydrogens is 659 g/mol. The fourth-order valence-electron chi connectivity index (χ4n) is 5.35. The van der Waals surface area contributed by atoms with E-state index in [1.54, 1.807) is 44.2 Å². The van der Waals surface area contributed by atoms with E-state index in [9.17, 15) is 24.2 Å². The lowest BCUT2D eigenvalue weighted by Gasteiger charge is -2.30. The number of ether oxygens (including phenoxy) is 4. The average molecular weight is 699 g/mol. The van der Waals surface area contributed by atoms with E-state index in [-0.39, 0.29) is 42.6 Å². The first-order valence-corrected chi connectivity index (χ1v) is 17.6. The fourth-order valence-corrected chi connectivity index (χ4v) is 6.87. The minimum Gasteiger partial charge on any atom is -0.464 e. The Morgan fingerprint density at radius 3 is 2.51 bits per heavy atom. The quantitative estimate of drug-likeness (QED) is 0.131. The second kappa shape index (κ2) is 15.3. The summed E-state index contributed by atoms with van der Waals surface area (Å²) in [5.41, 5.74) is 4.50. The minimum atomic E-state index is -4.52. The Labute approximate surface area is 282 Å². The molecular formula is C32H39N6O10P. The standard InChI is InChI=1S/C32H39N6O10P/c1-4-25(39)45-28-27(23-14-15-24-30(34)35-19-36-38(23)24)47-32(17-33,29(28)46-26(40)5-2)18-44-49(42,48-22-12-7-6-8-13-22)37-20(3)31(41)43-16-21-10-9-11-21/h6-8,12-15,19-21,27-29H,4-5,9-11,16,18H2,1-3H3,(H,37,42)(H2,34,35,36)/t20-,27-,28-,29-,32+,49?/m0/s1. The third kappa shape index (κ3) is 8.02. The van der Waals surface area contributed by atoms with Crippen LogP contribution in [0.1, 0.15) is 64.7 Å². The number of nitrogens with one attached hydrogen (secondary N) is 1. The predicted octanol–water partition coefficient (Wildman–Crippen LogP) is 3.81. The maximum Gasteiger partial charge on any atom is 0.459 e. The van der Waals surface area contributed by atoms with Crippen LogP contribution in [0.5, 0.6) is 5.75 Å². The van der Waals surface area contributed by atoms with Gasteiger partial charge in [-0.15, -0.1) is 0 Å². The monoisotopic (exact) mass is 698 g/mol. The van der Waals surface area contributed by atoms with Crippen molar-refractivity contribution in [1.29, 1.82) is 5.26 Å². The molecule has 2 aromatic heterocycles. The zero-order valence-corrected chi connectivity index (χ0v) is 28.2. The lowest BCUT2D eigenvalue weighted by molar-refractivity contribution is -0.169. The topological polar surface area (TPSA) is 216 Å². The van der Waals surface area contributed by atoms with Crippen molar-refractivity contribution < 1.29 is 46.9 Å². The van der Waals surface area contributed by atoms with Gasteiger partial charge in [0.05, 0.1) is 12.3 Å². The van der Waals surface area contributed by atoms with Crippen molar-refractivity contribution in [2.24, 2.45) is 5.92 Å². The molecule has 17 heteroatoms. The van der Waals surface area contributed by atoms with E-state index in [0.717, 1.165) is 19.3 Å². The van der Waals surface area contributed by atoms with Crippen molar-refractivity contribution in [2.75, 3.05) is 18.9 Å². The number of nitrogens with zero attached hydrogens (tertiary/aromatic N) is 4. The highest BCUT2D eigenvalue weighted by molar-refractivity contribution is 7.52. The van der Waals surface area contributed by atoms with E-state index in [4.69, 9.17) is 33.7 Å². The summed E-state index contributed by atoms with van der Waals surface area (Å²) in [6, 6.07) is 12.1. The van der Waals surface area contributed by atoms with Crippen molar-refractivity contribution in [3.63, 3.8) is 0 Å². The Balaban J connectivity index is 1.49. The van der Waals surface area contributed by atoms with Crippen LogP contribution in [0, 0.1) is 17.2 Å². The summed E-state index contributed by atoms with van der Waals surface area (Å²) in [6.45, 7) is 3.96. The molecule has 3 heterocycles. The van der Waals surface area contributed by atoms with Gasteiger partial charge < -0.3 is 29.2 Å². The summed E-state index contributed by atoms with van der Waals surface area (Å²) < 4.78 is 50.6. The molecule has 16 nitrogen and oxygen atoms in total. The number of carbonyl (C=O) groups is 3. The molecule has 49 heavy (non-hydrogen) atoms. The van der Waals surface area contributed by atoms with Crippen molar-refractivity contribution in [1.82, 2.24) is 19.7 Å². The molecule has 0 amide bonds. The number of aromatic nitrogens is 3. The number of nitriles is 1. The molecule has 1 aromatic carbocycles. The molecule has 1 saturated heterocycles. The highest BCUT2D eigenvalue weighted by Gasteiger charge is 2.62. The number of carbonyl (C=O) groups excluding carboxylic acids is 3. The highest BCUT2D eigenvalue weighted by atomic mass is 31.2. The van der Waals surface area contributed by atoms with Gasteiger partial charge >= 0.3 is 25.7 Å². The maximum atomic E-state index is 14.4. The zero-order valence-electron chi connectivity index (χ0n) is 27.4. The largest absolute Gasteiger partial charge is 0.464 e. The van der Waals surface area contributed by atoms with Crippen molar-refractivity contribution >= 4 is 37.0 Å². The number of fused-ring (bicyclic) bond motifs is 1. The highest BCUT2D eigenvalue weighted by Crippen LogP contribution is 2.50. The number of nitrogens with two attached hydrogens (primary N) is 1. The molecule has 1 unspecified atom stereocenters. The number of benzene rings is 1. The van der Waals surface area contributed by atoms with Gasteiger partial charge in [0.25, 0.3) is 0 Å².